The van der Waals surface area contributed by atoms with Crippen LogP contribution in [0, 0.1) is 0 Å². The first-order chi connectivity index (χ1) is 7.89. The van der Waals surface area contributed by atoms with Crippen LogP contribution in [-0.4, -0.2) is 66.3 Å². The maximum atomic E-state index is 5.72. The van der Waals surface area contributed by atoms with Gasteiger partial charge < -0.3 is 13.9 Å². The first-order valence-corrected chi connectivity index (χ1v) is 12.0. The lowest BCUT2D eigenvalue weighted by molar-refractivity contribution is 0.188. The molecule has 1 saturated heterocycles. The van der Waals surface area contributed by atoms with E-state index in [9.17, 15) is 0 Å². The van der Waals surface area contributed by atoms with Crippen LogP contribution < -0.4 is 0 Å². The molecular formula is C12H30N2OSi2. The summed E-state index contributed by atoms with van der Waals surface area (Å²) in [4.78, 5) is 2.62. The zero-order valence-corrected chi connectivity index (χ0v) is 14.7. The molecule has 0 aromatic heterocycles. The lowest BCUT2D eigenvalue weighted by atomic mass is 10.4. The molecule has 102 valence electrons. The van der Waals surface area contributed by atoms with Crippen molar-refractivity contribution in [1.29, 1.82) is 0 Å². The minimum absolute atomic E-state index is 0.268. The van der Waals surface area contributed by atoms with Gasteiger partial charge in [-0.05, 0) is 26.4 Å². The van der Waals surface area contributed by atoms with E-state index < -0.39 is 8.24 Å². The number of rotatable bonds is 6. The average molecular weight is 275 g/mol. The van der Waals surface area contributed by atoms with Crippen LogP contribution in [0.4, 0.5) is 0 Å². The van der Waals surface area contributed by atoms with Gasteiger partial charge in [0.1, 0.15) is 8.24 Å². The second kappa shape index (κ2) is 7.04. The van der Waals surface area contributed by atoms with Gasteiger partial charge in [-0.3, -0.25) is 0 Å². The van der Waals surface area contributed by atoms with Crippen molar-refractivity contribution < 1.29 is 4.43 Å². The van der Waals surface area contributed by atoms with Crippen LogP contribution in [0.2, 0.25) is 25.7 Å². The Morgan fingerprint density at radius 2 is 1.71 bits per heavy atom. The first kappa shape index (κ1) is 15.4. The van der Waals surface area contributed by atoms with Crippen molar-refractivity contribution in [3.05, 3.63) is 0 Å². The molecule has 17 heavy (non-hydrogen) atoms. The van der Waals surface area contributed by atoms with Gasteiger partial charge in [0, 0.05) is 32.3 Å². The Hall–Kier alpha value is 0.314. The van der Waals surface area contributed by atoms with Gasteiger partial charge in [0.25, 0.3) is 0 Å². The van der Waals surface area contributed by atoms with E-state index in [1.165, 1.54) is 38.8 Å². The van der Waals surface area contributed by atoms with Gasteiger partial charge >= 0.3 is 0 Å². The normalized spacial score (nSPS) is 20.8. The summed E-state index contributed by atoms with van der Waals surface area (Å²) >= 11 is 0. The highest BCUT2D eigenvalue weighted by Gasteiger charge is 2.27. The predicted molar refractivity (Wildman–Crippen MR) is 80.9 cm³/mol. The summed E-state index contributed by atoms with van der Waals surface area (Å²) in [5.41, 5.74) is 0. The van der Waals surface area contributed by atoms with Crippen LogP contribution in [0.1, 0.15) is 13.8 Å². The fraction of sp³-hybridized carbons (Fsp3) is 1.00. The summed E-state index contributed by atoms with van der Waals surface area (Å²) in [7, 11) is -1.32. The van der Waals surface area contributed by atoms with Gasteiger partial charge in [-0.25, -0.2) is 0 Å². The summed E-state index contributed by atoms with van der Waals surface area (Å²) in [6.45, 7) is 18.0. The molecule has 1 fully saturated rings. The number of hydrogen-bond donors (Lipinski definition) is 0. The standard InChI is InChI=1S/C12H30N2OSi2/c1-12(2)15-16-11-10-13-6-8-14(9-7-13)17(3,4)5/h12H,6-11,16H2,1-5H3. The summed E-state index contributed by atoms with van der Waals surface area (Å²) in [5, 5.41) is 0. The highest BCUT2D eigenvalue weighted by Crippen LogP contribution is 2.12. The molecule has 0 bridgehead atoms. The number of piperazine rings is 1. The maximum absolute atomic E-state index is 5.72. The monoisotopic (exact) mass is 274 g/mol. The fourth-order valence-corrected chi connectivity index (χ4v) is 5.01. The van der Waals surface area contributed by atoms with Crippen molar-refractivity contribution in [2.45, 2.75) is 45.6 Å². The molecule has 0 spiro atoms. The van der Waals surface area contributed by atoms with E-state index in [1.807, 2.05) is 0 Å². The summed E-state index contributed by atoms with van der Waals surface area (Å²) in [6, 6.07) is 1.31. The van der Waals surface area contributed by atoms with Gasteiger partial charge in [-0.2, -0.15) is 0 Å². The van der Waals surface area contributed by atoms with E-state index >= 15 is 0 Å². The molecule has 3 nitrogen and oxygen atoms in total. The zero-order valence-electron chi connectivity index (χ0n) is 12.3. The first-order valence-electron chi connectivity index (χ1n) is 6.98. The van der Waals surface area contributed by atoms with E-state index in [0.29, 0.717) is 6.10 Å². The molecule has 0 unspecified atom stereocenters. The molecular weight excluding hydrogens is 244 g/mol. The van der Waals surface area contributed by atoms with Crippen LogP contribution >= 0.6 is 0 Å². The van der Waals surface area contributed by atoms with Crippen molar-refractivity contribution in [2.75, 3.05) is 32.7 Å². The van der Waals surface area contributed by atoms with Crippen LogP contribution in [0.3, 0.4) is 0 Å². The topological polar surface area (TPSA) is 15.7 Å². The Kier molecular flexibility index (Phi) is 6.36. The van der Waals surface area contributed by atoms with E-state index in [4.69, 9.17) is 4.43 Å². The van der Waals surface area contributed by atoms with E-state index in [0.717, 1.165) is 0 Å². The summed E-state index contributed by atoms with van der Waals surface area (Å²) in [5.74, 6) is 0. The molecule has 0 saturated carbocycles. The third-order valence-corrected chi connectivity index (χ3v) is 7.24. The van der Waals surface area contributed by atoms with Crippen LogP contribution in [0.25, 0.3) is 0 Å². The molecule has 1 aliphatic rings. The SMILES string of the molecule is CC(C)O[SiH2]CCN1CCN([Si](C)(C)C)CC1. The Bertz CT molecular complexity index is 211. The molecule has 0 aliphatic carbocycles. The van der Waals surface area contributed by atoms with Crippen LogP contribution in [-0.2, 0) is 4.43 Å². The summed E-state index contributed by atoms with van der Waals surface area (Å²) < 4.78 is 8.44. The molecule has 0 radical (unpaired) electrons. The minimum Gasteiger partial charge on any atom is -0.422 e. The van der Waals surface area contributed by atoms with E-state index in [-0.39, 0.29) is 9.76 Å². The predicted octanol–water partition coefficient (Wildman–Crippen LogP) is 1.37. The van der Waals surface area contributed by atoms with Crippen molar-refractivity contribution in [3.8, 4) is 0 Å². The van der Waals surface area contributed by atoms with Crippen LogP contribution in [0.15, 0.2) is 0 Å². The van der Waals surface area contributed by atoms with Gasteiger partial charge in [0.05, 0.1) is 0 Å². The molecule has 0 amide bonds. The van der Waals surface area contributed by atoms with Crippen LogP contribution in [0.5, 0.6) is 0 Å². The Labute approximate surface area is 111 Å². The molecule has 1 aliphatic heterocycles. The van der Waals surface area contributed by atoms with Gasteiger partial charge in [0.2, 0.25) is 0 Å². The highest BCUT2D eigenvalue weighted by molar-refractivity contribution is 6.73. The number of hydrogen-bond acceptors (Lipinski definition) is 3. The number of nitrogens with zero attached hydrogens (tertiary/aromatic N) is 2. The van der Waals surface area contributed by atoms with Gasteiger partial charge in [0.15, 0.2) is 9.76 Å². The van der Waals surface area contributed by atoms with E-state index in [2.05, 4.69) is 43.0 Å². The Balaban J connectivity index is 2.11. The lowest BCUT2D eigenvalue weighted by Crippen LogP contribution is -2.56. The molecule has 1 heterocycles. The quantitative estimate of drug-likeness (QED) is 0.537. The average Bonchev–Trinajstić information content (AvgIpc) is 2.23. The largest absolute Gasteiger partial charge is 0.422 e. The van der Waals surface area contributed by atoms with Crippen molar-refractivity contribution >= 4 is 18.0 Å². The molecule has 0 N–H and O–H groups in total. The Morgan fingerprint density at radius 1 is 1.12 bits per heavy atom. The maximum Gasteiger partial charge on any atom is 0.163 e. The van der Waals surface area contributed by atoms with Crippen molar-refractivity contribution in [3.63, 3.8) is 0 Å². The molecule has 0 atom stereocenters. The van der Waals surface area contributed by atoms with Crippen molar-refractivity contribution in [2.24, 2.45) is 0 Å². The third kappa shape index (κ3) is 6.15. The second-order valence-corrected chi connectivity index (χ2v) is 12.7. The molecule has 5 heteroatoms. The highest BCUT2D eigenvalue weighted by atomic mass is 28.3. The van der Waals surface area contributed by atoms with Crippen molar-refractivity contribution in [1.82, 2.24) is 9.47 Å². The second-order valence-electron chi connectivity index (χ2n) is 6.27. The molecule has 1 rings (SSSR count). The molecule has 0 aromatic carbocycles. The van der Waals surface area contributed by atoms with Gasteiger partial charge in [-0.1, -0.05) is 19.6 Å². The zero-order chi connectivity index (χ0) is 12.9. The molecule has 0 aromatic rings. The third-order valence-electron chi connectivity index (χ3n) is 3.39. The van der Waals surface area contributed by atoms with Gasteiger partial charge in [-0.15, -0.1) is 0 Å². The summed E-state index contributed by atoms with van der Waals surface area (Å²) in [6.07, 6.45) is 0.436. The smallest absolute Gasteiger partial charge is 0.163 e. The lowest BCUT2D eigenvalue weighted by Gasteiger charge is -2.41. The minimum atomic E-state index is -1.05. The Morgan fingerprint density at radius 3 is 2.18 bits per heavy atom. The fourth-order valence-electron chi connectivity index (χ4n) is 2.25. The van der Waals surface area contributed by atoms with E-state index in [1.54, 1.807) is 0 Å².